The first-order valence-electron chi connectivity index (χ1n) is 5.30. The quantitative estimate of drug-likeness (QED) is 0.464. The molecule has 0 bridgehead atoms. The number of carbonyl (C=O) groups is 1. The van der Waals surface area contributed by atoms with Gasteiger partial charge in [-0.1, -0.05) is 33.3 Å². The van der Waals surface area contributed by atoms with Gasteiger partial charge in [-0.3, -0.25) is 4.79 Å². The Bertz CT molecular complexity index is 175. The molecule has 2 heteroatoms. The smallest absolute Gasteiger partial charge is 0.142 e. The standard InChI is InChI=1S/C12H22O2/c1-5-10(2)9-12(14-4)11(3)7-6-8-13/h6-8,10-12H,5,9H2,1-4H3/b7-6+. The number of rotatable bonds is 7. The molecular weight excluding hydrogens is 176 g/mol. The van der Waals surface area contributed by atoms with Crippen LogP contribution >= 0.6 is 0 Å². The molecular formula is C12H22O2. The van der Waals surface area contributed by atoms with E-state index in [2.05, 4.69) is 20.8 Å². The van der Waals surface area contributed by atoms with Crippen LogP contribution in [0.1, 0.15) is 33.6 Å². The molecule has 0 radical (unpaired) electrons. The van der Waals surface area contributed by atoms with Crippen molar-refractivity contribution in [1.82, 2.24) is 0 Å². The van der Waals surface area contributed by atoms with Crippen LogP contribution in [0.15, 0.2) is 12.2 Å². The second-order valence-electron chi connectivity index (χ2n) is 3.90. The largest absolute Gasteiger partial charge is 0.381 e. The fourth-order valence-electron chi connectivity index (χ4n) is 1.43. The summed E-state index contributed by atoms with van der Waals surface area (Å²) >= 11 is 0. The summed E-state index contributed by atoms with van der Waals surface area (Å²) in [5, 5.41) is 0. The van der Waals surface area contributed by atoms with Gasteiger partial charge in [0.2, 0.25) is 0 Å². The maximum atomic E-state index is 10.2. The van der Waals surface area contributed by atoms with Gasteiger partial charge >= 0.3 is 0 Å². The summed E-state index contributed by atoms with van der Waals surface area (Å²) in [6.07, 6.45) is 6.71. The zero-order valence-corrected chi connectivity index (χ0v) is 9.69. The monoisotopic (exact) mass is 198 g/mol. The Morgan fingerprint density at radius 2 is 2.00 bits per heavy atom. The van der Waals surface area contributed by atoms with Crippen LogP contribution in [0, 0.1) is 11.8 Å². The van der Waals surface area contributed by atoms with E-state index in [1.165, 1.54) is 6.42 Å². The Balaban J connectivity index is 4.10. The fraction of sp³-hybridized carbons (Fsp3) is 0.750. The van der Waals surface area contributed by atoms with Crippen LogP contribution in [-0.2, 0) is 9.53 Å². The van der Waals surface area contributed by atoms with E-state index < -0.39 is 0 Å². The van der Waals surface area contributed by atoms with E-state index in [9.17, 15) is 4.79 Å². The van der Waals surface area contributed by atoms with Gasteiger partial charge in [0.05, 0.1) is 6.10 Å². The zero-order chi connectivity index (χ0) is 11.0. The lowest BCUT2D eigenvalue weighted by Gasteiger charge is -2.22. The summed E-state index contributed by atoms with van der Waals surface area (Å²) in [6.45, 7) is 6.49. The Morgan fingerprint density at radius 1 is 1.36 bits per heavy atom. The lowest BCUT2D eigenvalue weighted by molar-refractivity contribution is -0.104. The molecule has 0 aliphatic heterocycles. The summed E-state index contributed by atoms with van der Waals surface area (Å²) < 4.78 is 5.41. The number of hydrogen-bond acceptors (Lipinski definition) is 2. The van der Waals surface area contributed by atoms with Crippen LogP contribution in [0.3, 0.4) is 0 Å². The van der Waals surface area contributed by atoms with Crippen LogP contribution in [0.4, 0.5) is 0 Å². The van der Waals surface area contributed by atoms with E-state index in [0.29, 0.717) is 11.8 Å². The maximum Gasteiger partial charge on any atom is 0.142 e. The van der Waals surface area contributed by atoms with E-state index in [0.717, 1.165) is 12.7 Å². The van der Waals surface area contributed by atoms with Crippen molar-refractivity contribution in [2.45, 2.75) is 39.7 Å². The SMILES string of the molecule is CCC(C)CC(OC)C(C)/C=C/C=O. The van der Waals surface area contributed by atoms with Crippen molar-refractivity contribution >= 4 is 6.29 Å². The molecule has 2 nitrogen and oxygen atoms in total. The number of allylic oxidation sites excluding steroid dienone is 1. The number of hydrogen-bond donors (Lipinski definition) is 0. The molecule has 0 aliphatic rings. The molecule has 0 saturated carbocycles. The van der Waals surface area contributed by atoms with Crippen molar-refractivity contribution in [1.29, 1.82) is 0 Å². The van der Waals surface area contributed by atoms with Crippen molar-refractivity contribution < 1.29 is 9.53 Å². The number of methoxy groups -OCH3 is 1. The minimum absolute atomic E-state index is 0.223. The molecule has 82 valence electrons. The average Bonchev–Trinajstić information content (AvgIpc) is 2.21. The Labute approximate surface area is 87.3 Å². The van der Waals surface area contributed by atoms with Crippen molar-refractivity contribution in [3.63, 3.8) is 0 Å². The molecule has 3 unspecified atom stereocenters. The van der Waals surface area contributed by atoms with Gasteiger partial charge in [-0.05, 0) is 18.4 Å². The first-order chi connectivity index (χ1) is 6.65. The summed E-state index contributed by atoms with van der Waals surface area (Å²) in [5.74, 6) is 0.978. The second-order valence-corrected chi connectivity index (χ2v) is 3.90. The fourth-order valence-corrected chi connectivity index (χ4v) is 1.43. The molecule has 0 saturated heterocycles. The number of carbonyl (C=O) groups excluding carboxylic acids is 1. The molecule has 0 aromatic carbocycles. The van der Waals surface area contributed by atoms with Gasteiger partial charge in [0.1, 0.15) is 6.29 Å². The molecule has 3 atom stereocenters. The minimum atomic E-state index is 0.223. The molecule has 0 N–H and O–H groups in total. The average molecular weight is 198 g/mol. The van der Waals surface area contributed by atoms with Gasteiger partial charge in [-0.25, -0.2) is 0 Å². The normalized spacial score (nSPS) is 18.0. The number of aldehydes is 1. The van der Waals surface area contributed by atoms with Gasteiger partial charge < -0.3 is 4.74 Å². The molecule has 0 aromatic rings. The van der Waals surface area contributed by atoms with Crippen molar-refractivity contribution in [2.75, 3.05) is 7.11 Å². The first-order valence-corrected chi connectivity index (χ1v) is 5.30. The van der Waals surface area contributed by atoms with E-state index >= 15 is 0 Å². The van der Waals surface area contributed by atoms with E-state index in [-0.39, 0.29) is 6.10 Å². The molecule has 0 amide bonds. The highest BCUT2D eigenvalue weighted by Crippen LogP contribution is 2.19. The zero-order valence-electron chi connectivity index (χ0n) is 9.69. The maximum absolute atomic E-state index is 10.2. The Hall–Kier alpha value is -0.630. The lowest BCUT2D eigenvalue weighted by atomic mass is 9.93. The molecule has 0 spiro atoms. The third kappa shape index (κ3) is 5.18. The Morgan fingerprint density at radius 3 is 2.43 bits per heavy atom. The van der Waals surface area contributed by atoms with Crippen LogP contribution in [0.25, 0.3) is 0 Å². The van der Waals surface area contributed by atoms with Crippen LogP contribution in [-0.4, -0.2) is 19.5 Å². The van der Waals surface area contributed by atoms with Crippen LogP contribution < -0.4 is 0 Å². The van der Waals surface area contributed by atoms with Crippen molar-refractivity contribution in [3.05, 3.63) is 12.2 Å². The first kappa shape index (κ1) is 13.4. The summed E-state index contributed by atoms with van der Waals surface area (Å²) in [6, 6.07) is 0. The lowest BCUT2D eigenvalue weighted by Crippen LogP contribution is -2.21. The Kier molecular flexibility index (Phi) is 7.40. The second kappa shape index (κ2) is 7.74. The summed E-state index contributed by atoms with van der Waals surface area (Å²) in [4.78, 5) is 10.2. The predicted octanol–water partition coefficient (Wildman–Crippen LogP) is 2.83. The minimum Gasteiger partial charge on any atom is -0.381 e. The van der Waals surface area contributed by atoms with Gasteiger partial charge in [0, 0.05) is 13.0 Å². The molecule has 0 aliphatic carbocycles. The molecule has 0 rings (SSSR count). The third-order valence-electron chi connectivity index (χ3n) is 2.71. The van der Waals surface area contributed by atoms with E-state index in [1.807, 2.05) is 6.08 Å². The van der Waals surface area contributed by atoms with Gasteiger partial charge in [0.15, 0.2) is 0 Å². The van der Waals surface area contributed by atoms with E-state index in [1.54, 1.807) is 13.2 Å². The topological polar surface area (TPSA) is 26.3 Å². The van der Waals surface area contributed by atoms with Crippen molar-refractivity contribution in [2.24, 2.45) is 11.8 Å². The van der Waals surface area contributed by atoms with Crippen LogP contribution in [0.2, 0.25) is 0 Å². The molecule has 0 heterocycles. The number of ether oxygens (including phenoxy) is 1. The van der Waals surface area contributed by atoms with Gasteiger partial charge in [-0.2, -0.15) is 0 Å². The van der Waals surface area contributed by atoms with Crippen molar-refractivity contribution in [3.8, 4) is 0 Å². The summed E-state index contributed by atoms with van der Waals surface area (Å²) in [5.41, 5.74) is 0. The van der Waals surface area contributed by atoms with E-state index in [4.69, 9.17) is 4.74 Å². The summed E-state index contributed by atoms with van der Waals surface area (Å²) in [7, 11) is 1.73. The molecule has 0 fully saturated rings. The predicted molar refractivity (Wildman–Crippen MR) is 59.2 cm³/mol. The molecule has 14 heavy (non-hydrogen) atoms. The van der Waals surface area contributed by atoms with Gasteiger partial charge in [0.25, 0.3) is 0 Å². The highest BCUT2D eigenvalue weighted by molar-refractivity contribution is 5.64. The highest BCUT2D eigenvalue weighted by atomic mass is 16.5. The third-order valence-corrected chi connectivity index (χ3v) is 2.71. The molecule has 0 aromatic heterocycles. The van der Waals surface area contributed by atoms with Gasteiger partial charge in [-0.15, -0.1) is 0 Å². The van der Waals surface area contributed by atoms with Crippen LogP contribution in [0.5, 0.6) is 0 Å². The highest BCUT2D eigenvalue weighted by Gasteiger charge is 2.16.